The monoisotopic (exact) mass is 724 g/mol. The molecule has 0 fully saturated rings. The Balaban J connectivity index is 1.01. The van der Waals surface area contributed by atoms with Crippen LogP contribution in [0.1, 0.15) is 0 Å². The van der Waals surface area contributed by atoms with Crippen LogP contribution in [0, 0.1) is 0 Å². The molecule has 0 aliphatic carbocycles. The van der Waals surface area contributed by atoms with E-state index in [1.807, 2.05) is 6.07 Å². The molecule has 10 aromatic carbocycles. The Hall–Kier alpha value is -7.62. The van der Waals surface area contributed by atoms with Gasteiger partial charge >= 0.3 is 0 Å². The highest BCUT2D eigenvalue weighted by Crippen LogP contribution is 2.45. The number of furan rings is 1. The Labute approximate surface area is 327 Å². The van der Waals surface area contributed by atoms with E-state index in [1.165, 1.54) is 81.5 Å². The molecule has 0 N–H and O–H groups in total. The zero-order valence-corrected chi connectivity index (χ0v) is 30.8. The number of anilines is 3. The number of fused-ring (bicyclic) bond motifs is 15. The van der Waals surface area contributed by atoms with Crippen LogP contribution in [-0.2, 0) is 0 Å². The summed E-state index contributed by atoms with van der Waals surface area (Å²) in [6.07, 6.45) is 0. The summed E-state index contributed by atoms with van der Waals surface area (Å²) in [5, 5.41) is 14.9. The predicted molar refractivity (Wildman–Crippen MR) is 241 cm³/mol. The van der Waals surface area contributed by atoms with Crippen molar-refractivity contribution in [1.82, 2.24) is 4.40 Å². The summed E-state index contributed by atoms with van der Waals surface area (Å²) in [6, 6.07) is 70.7. The molecule has 3 heteroatoms. The Morgan fingerprint density at radius 2 is 0.877 bits per heavy atom. The van der Waals surface area contributed by atoms with Crippen LogP contribution in [0.25, 0.3) is 103 Å². The molecule has 13 aromatic rings. The maximum absolute atomic E-state index is 6.69. The molecule has 0 radical (unpaired) electrons. The van der Waals surface area contributed by atoms with Gasteiger partial charge in [0.05, 0.1) is 22.2 Å². The maximum Gasteiger partial charge on any atom is 0.159 e. The summed E-state index contributed by atoms with van der Waals surface area (Å²) < 4.78 is 9.12. The first-order chi connectivity index (χ1) is 28.3. The third-order valence-electron chi connectivity index (χ3n) is 12.3. The normalized spacial score (nSPS) is 12.2. The predicted octanol–water partition coefficient (Wildman–Crippen LogP) is 15.3. The van der Waals surface area contributed by atoms with Crippen molar-refractivity contribution in [1.29, 1.82) is 0 Å². The lowest BCUT2D eigenvalue weighted by Gasteiger charge is -2.26. The summed E-state index contributed by atoms with van der Waals surface area (Å²) in [5.74, 6) is 0. The molecule has 57 heavy (non-hydrogen) atoms. The van der Waals surface area contributed by atoms with Crippen molar-refractivity contribution in [2.24, 2.45) is 0 Å². The molecule has 0 saturated carbocycles. The summed E-state index contributed by atoms with van der Waals surface area (Å²) >= 11 is 0. The van der Waals surface area contributed by atoms with Gasteiger partial charge in [-0.05, 0) is 98.0 Å². The topological polar surface area (TPSA) is 20.8 Å². The zero-order chi connectivity index (χ0) is 37.2. The highest BCUT2D eigenvalue weighted by molar-refractivity contribution is 6.26. The fraction of sp³-hybridized carbons (Fsp3) is 0. The quantitative estimate of drug-likeness (QED) is 0.169. The van der Waals surface area contributed by atoms with E-state index in [4.69, 9.17) is 4.42 Å². The second kappa shape index (κ2) is 11.5. The summed E-state index contributed by atoms with van der Waals surface area (Å²) in [5.41, 5.74) is 11.1. The molecular formula is C54H32N2O. The molecule has 0 bridgehead atoms. The van der Waals surface area contributed by atoms with Crippen LogP contribution >= 0.6 is 0 Å². The van der Waals surface area contributed by atoms with Crippen LogP contribution in [0.3, 0.4) is 0 Å². The third-order valence-corrected chi connectivity index (χ3v) is 12.3. The van der Waals surface area contributed by atoms with Crippen molar-refractivity contribution in [2.75, 3.05) is 4.90 Å². The van der Waals surface area contributed by atoms with Gasteiger partial charge in [0, 0.05) is 43.7 Å². The third kappa shape index (κ3) is 4.26. The number of nitrogens with zero attached hydrogens (tertiary/aromatic N) is 2. The van der Waals surface area contributed by atoms with Crippen molar-refractivity contribution in [2.45, 2.75) is 0 Å². The van der Waals surface area contributed by atoms with Crippen molar-refractivity contribution >= 4 is 109 Å². The molecule has 0 amide bonds. The molecule has 264 valence electrons. The molecule has 0 aliphatic rings. The number of rotatable bonds is 4. The Morgan fingerprint density at radius 1 is 0.333 bits per heavy atom. The summed E-state index contributed by atoms with van der Waals surface area (Å²) in [7, 11) is 0. The van der Waals surface area contributed by atoms with E-state index in [2.05, 4.69) is 197 Å². The number of para-hydroxylation sites is 4. The second-order valence-electron chi connectivity index (χ2n) is 15.2. The van der Waals surface area contributed by atoms with Gasteiger partial charge in [0.1, 0.15) is 5.58 Å². The molecule has 3 aromatic heterocycles. The van der Waals surface area contributed by atoms with Gasteiger partial charge in [0.2, 0.25) is 0 Å². The van der Waals surface area contributed by atoms with E-state index in [-0.39, 0.29) is 0 Å². The van der Waals surface area contributed by atoms with Crippen LogP contribution in [0.15, 0.2) is 199 Å². The molecule has 3 nitrogen and oxygen atoms in total. The van der Waals surface area contributed by atoms with Gasteiger partial charge in [-0.25, -0.2) is 0 Å². The first-order valence-electron chi connectivity index (χ1n) is 19.6. The fourth-order valence-electron chi connectivity index (χ4n) is 9.79. The molecule has 0 saturated heterocycles. The van der Waals surface area contributed by atoms with Gasteiger partial charge in [-0.3, -0.25) is 0 Å². The van der Waals surface area contributed by atoms with E-state index in [9.17, 15) is 0 Å². The number of hydrogen-bond acceptors (Lipinski definition) is 2. The van der Waals surface area contributed by atoms with E-state index in [1.54, 1.807) is 0 Å². The van der Waals surface area contributed by atoms with Crippen LogP contribution in [-0.4, -0.2) is 4.40 Å². The molecular weight excluding hydrogens is 693 g/mol. The van der Waals surface area contributed by atoms with Gasteiger partial charge < -0.3 is 13.7 Å². The highest BCUT2D eigenvalue weighted by atomic mass is 16.3. The minimum Gasteiger partial charge on any atom is -0.454 e. The number of hydrogen-bond donors (Lipinski definition) is 0. The minimum atomic E-state index is 0.871. The molecule has 0 spiro atoms. The highest BCUT2D eigenvalue weighted by Gasteiger charge is 2.22. The van der Waals surface area contributed by atoms with Crippen molar-refractivity contribution in [3.05, 3.63) is 194 Å². The lowest BCUT2D eigenvalue weighted by atomic mass is 9.94. The summed E-state index contributed by atoms with van der Waals surface area (Å²) in [6.45, 7) is 0. The maximum atomic E-state index is 6.69. The SMILES string of the molecule is c1ccc2c(c1)oc1c(N(c3ccc(-c4ccc5c(c4)c4cccc6c7ccccc7n5c64)cc3)c3ccc4c5ccccc5c5ccccc5c4c3)cccc12. The van der Waals surface area contributed by atoms with Crippen molar-refractivity contribution in [3.63, 3.8) is 0 Å². The molecule has 3 heterocycles. The van der Waals surface area contributed by atoms with E-state index >= 15 is 0 Å². The van der Waals surface area contributed by atoms with Crippen LogP contribution in [0.5, 0.6) is 0 Å². The van der Waals surface area contributed by atoms with Gasteiger partial charge in [-0.15, -0.1) is 0 Å². The van der Waals surface area contributed by atoms with Crippen LogP contribution < -0.4 is 4.90 Å². The summed E-state index contributed by atoms with van der Waals surface area (Å²) in [4.78, 5) is 2.36. The van der Waals surface area contributed by atoms with E-state index in [0.29, 0.717) is 0 Å². The first-order valence-corrected chi connectivity index (χ1v) is 19.6. The average molecular weight is 725 g/mol. The second-order valence-corrected chi connectivity index (χ2v) is 15.2. The van der Waals surface area contributed by atoms with Gasteiger partial charge in [0.25, 0.3) is 0 Å². The van der Waals surface area contributed by atoms with Crippen molar-refractivity contribution in [3.8, 4) is 11.1 Å². The van der Waals surface area contributed by atoms with Gasteiger partial charge in [-0.2, -0.15) is 0 Å². The van der Waals surface area contributed by atoms with Crippen LogP contribution in [0.4, 0.5) is 17.1 Å². The Morgan fingerprint density at radius 3 is 1.65 bits per heavy atom. The van der Waals surface area contributed by atoms with Crippen LogP contribution in [0.2, 0.25) is 0 Å². The largest absolute Gasteiger partial charge is 0.454 e. The van der Waals surface area contributed by atoms with E-state index in [0.717, 1.165) is 39.0 Å². The average Bonchev–Trinajstić information content (AvgIpc) is 3.94. The smallest absolute Gasteiger partial charge is 0.159 e. The first kappa shape index (κ1) is 30.7. The Kier molecular flexibility index (Phi) is 6.16. The minimum absolute atomic E-state index is 0.871. The molecule has 0 aliphatic heterocycles. The molecule has 13 rings (SSSR count). The zero-order valence-electron chi connectivity index (χ0n) is 30.8. The fourth-order valence-corrected chi connectivity index (χ4v) is 9.79. The Bertz CT molecular complexity index is 3720. The number of aromatic nitrogens is 1. The van der Waals surface area contributed by atoms with Crippen molar-refractivity contribution < 1.29 is 4.42 Å². The number of benzene rings is 10. The lowest BCUT2D eigenvalue weighted by Crippen LogP contribution is -2.10. The lowest BCUT2D eigenvalue weighted by molar-refractivity contribution is 0.669. The van der Waals surface area contributed by atoms with Gasteiger partial charge in [-0.1, -0.05) is 140 Å². The van der Waals surface area contributed by atoms with Gasteiger partial charge in [0.15, 0.2) is 5.58 Å². The van der Waals surface area contributed by atoms with E-state index < -0.39 is 0 Å². The molecule has 0 atom stereocenters. The molecule has 0 unspecified atom stereocenters. The standard InChI is InChI=1S/C54H32N2O/c1-2-13-39-37(11-1)38-12-3-4-14-40(38)47-32-36(28-29-41(39)47)55(51-21-10-19-46-43-16-6-8-22-52(43)57-54(46)51)35-26-23-33(24-27-35)34-25-30-50-48(31-34)45-18-9-17-44-42-15-5-7-20-49(42)56(50)53(44)45/h1-32H.